The number of rotatable bonds is 2. The number of carbonyl (C=O) groups is 2. The first-order valence-electron chi connectivity index (χ1n) is 5.93. The fourth-order valence-electron chi connectivity index (χ4n) is 2.28. The van der Waals surface area contributed by atoms with Crippen LogP contribution in [0.1, 0.15) is 12.8 Å². The van der Waals surface area contributed by atoms with E-state index < -0.39 is 17.6 Å². The molecule has 0 spiro atoms. The Morgan fingerprint density at radius 2 is 2.30 bits per heavy atom. The van der Waals surface area contributed by atoms with Crippen molar-refractivity contribution in [1.82, 2.24) is 4.90 Å². The van der Waals surface area contributed by atoms with Crippen LogP contribution in [0.2, 0.25) is 0 Å². The number of piperidine rings is 1. The number of allylic oxidation sites excluding steroid dienone is 5. The summed E-state index contributed by atoms with van der Waals surface area (Å²) >= 11 is 5.82. The van der Waals surface area contributed by atoms with Crippen LogP contribution in [0.15, 0.2) is 46.9 Å². The molecule has 102 valence electrons. The molecule has 3 nitrogen and oxygen atoms in total. The van der Waals surface area contributed by atoms with E-state index in [1.807, 2.05) is 0 Å². The highest BCUT2D eigenvalue weighted by molar-refractivity contribution is 6.33. The van der Waals surface area contributed by atoms with Crippen molar-refractivity contribution in [2.75, 3.05) is 0 Å². The lowest BCUT2D eigenvalue weighted by Crippen LogP contribution is -2.44. The molecule has 0 N–H and O–H groups in total. The number of imide groups is 1. The lowest BCUT2D eigenvalue weighted by Gasteiger charge is -2.33. The van der Waals surface area contributed by atoms with Gasteiger partial charge in [0.05, 0.1) is 5.70 Å². The Labute approximate surface area is 121 Å². The van der Waals surface area contributed by atoms with Crippen LogP contribution < -0.4 is 0 Å². The van der Waals surface area contributed by atoms with E-state index in [1.54, 1.807) is 0 Å². The van der Waals surface area contributed by atoms with Gasteiger partial charge in [0.15, 0.2) is 0 Å². The fourth-order valence-corrected chi connectivity index (χ4v) is 2.44. The van der Waals surface area contributed by atoms with Crippen LogP contribution >= 0.6 is 11.6 Å². The van der Waals surface area contributed by atoms with Crippen LogP contribution in [0.25, 0.3) is 0 Å². The highest BCUT2D eigenvalue weighted by atomic mass is 35.5. The van der Waals surface area contributed by atoms with Crippen LogP contribution in [-0.2, 0) is 9.59 Å². The molecular formula is C15H11ClFNO2. The Balaban J connectivity index is 2.48. The molecule has 1 unspecified atom stereocenters. The van der Waals surface area contributed by atoms with E-state index in [0.29, 0.717) is 6.42 Å². The number of halogens is 2. The fraction of sp³-hybridized carbons (Fsp3) is 0.200. The molecule has 1 heterocycles. The molecule has 20 heavy (non-hydrogen) atoms. The van der Waals surface area contributed by atoms with Crippen LogP contribution in [0.4, 0.5) is 4.39 Å². The summed E-state index contributed by atoms with van der Waals surface area (Å²) in [5.41, 5.74) is 0.309. The highest BCUT2D eigenvalue weighted by Gasteiger charge is 2.39. The normalized spacial score (nSPS) is 23.2. The minimum atomic E-state index is -0.599. The summed E-state index contributed by atoms with van der Waals surface area (Å²) in [6, 6.07) is 0. The van der Waals surface area contributed by atoms with E-state index in [0.717, 1.165) is 11.0 Å². The molecule has 0 aromatic rings. The van der Waals surface area contributed by atoms with E-state index in [9.17, 15) is 14.0 Å². The van der Waals surface area contributed by atoms with Crippen molar-refractivity contribution >= 4 is 23.4 Å². The molecule has 0 radical (unpaired) electrons. The first-order valence-corrected chi connectivity index (χ1v) is 6.30. The predicted molar refractivity (Wildman–Crippen MR) is 73.8 cm³/mol. The maximum absolute atomic E-state index is 13.3. The molecule has 1 aliphatic carbocycles. The lowest BCUT2D eigenvalue weighted by molar-refractivity contribution is -0.143. The first-order chi connectivity index (χ1) is 9.49. The number of carbonyl (C=O) groups excluding carboxylic acids is 2. The van der Waals surface area contributed by atoms with E-state index in [-0.39, 0.29) is 28.6 Å². The average molecular weight is 292 g/mol. The summed E-state index contributed by atoms with van der Waals surface area (Å²) in [5.74, 6) is 0.368. The van der Waals surface area contributed by atoms with Crippen molar-refractivity contribution in [3.63, 3.8) is 0 Å². The number of amides is 2. The zero-order valence-electron chi connectivity index (χ0n) is 10.5. The van der Waals surface area contributed by atoms with Crippen LogP contribution in [0.5, 0.6) is 0 Å². The highest BCUT2D eigenvalue weighted by Crippen LogP contribution is 2.35. The van der Waals surface area contributed by atoms with Crippen molar-refractivity contribution in [2.45, 2.75) is 12.8 Å². The van der Waals surface area contributed by atoms with Crippen molar-refractivity contribution < 1.29 is 14.0 Å². The second-order valence-corrected chi connectivity index (χ2v) is 4.79. The third-order valence-electron chi connectivity index (χ3n) is 3.24. The smallest absolute Gasteiger partial charge is 0.261 e. The third kappa shape index (κ3) is 2.33. The Morgan fingerprint density at radius 1 is 1.60 bits per heavy atom. The summed E-state index contributed by atoms with van der Waals surface area (Å²) in [6.45, 7) is 3.50. The number of hydrogen-bond donors (Lipinski definition) is 0. The number of likely N-dealkylation sites (tertiary alicyclic amines) is 1. The summed E-state index contributed by atoms with van der Waals surface area (Å²) in [5, 5.41) is -0.0902. The molecule has 0 saturated carbocycles. The summed E-state index contributed by atoms with van der Waals surface area (Å²) < 4.78 is 13.3. The zero-order chi connectivity index (χ0) is 14.9. The second-order valence-electron chi connectivity index (χ2n) is 4.41. The number of hydrogen-bond acceptors (Lipinski definition) is 2. The SMILES string of the molecule is C#C/C(Cl)=C(\C=C)N1C(=O)CC2CC=C(F)C=C2C1=O. The molecule has 0 aromatic heterocycles. The monoisotopic (exact) mass is 291 g/mol. The molecule has 0 aromatic carbocycles. The summed E-state index contributed by atoms with van der Waals surface area (Å²) in [6.07, 6.45) is 9.38. The molecule has 2 amide bonds. The van der Waals surface area contributed by atoms with E-state index in [2.05, 4.69) is 12.5 Å². The van der Waals surface area contributed by atoms with Crippen LogP contribution in [-0.4, -0.2) is 16.7 Å². The van der Waals surface area contributed by atoms with Crippen molar-refractivity contribution in [2.24, 2.45) is 5.92 Å². The lowest BCUT2D eigenvalue weighted by atomic mass is 9.84. The molecule has 1 saturated heterocycles. The molecule has 2 rings (SSSR count). The van der Waals surface area contributed by atoms with Gasteiger partial charge in [-0.25, -0.2) is 9.29 Å². The Bertz CT molecular complexity index is 637. The van der Waals surface area contributed by atoms with Gasteiger partial charge in [-0.1, -0.05) is 24.1 Å². The standard InChI is InChI=1S/C15H11ClFNO2/c1-3-12(16)13(4-2)18-14(19)7-9-5-6-10(17)8-11(9)15(18)20/h1,4,6,8-9H,2,5,7H2/b13-12-. The molecule has 1 atom stereocenters. The Kier molecular flexibility index (Phi) is 3.91. The second kappa shape index (κ2) is 5.48. The van der Waals surface area contributed by atoms with Crippen LogP contribution in [0, 0.1) is 18.3 Å². The minimum Gasteiger partial charge on any atom is -0.274 e. The third-order valence-corrected chi connectivity index (χ3v) is 3.54. The average Bonchev–Trinajstić information content (AvgIpc) is 2.43. The van der Waals surface area contributed by atoms with Crippen molar-refractivity contribution in [3.05, 3.63) is 46.9 Å². The van der Waals surface area contributed by atoms with Gasteiger partial charge < -0.3 is 0 Å². The van der Waals surface area contributed by atoms with Gasteiger partial charge in [0.25, 0.3) is 5.91 Å². The van der Waals surface area contributed by atoms with E-state index in [1.165, 1.54) is 12.2 Å². The summed E-state index contributed by atoms with van der Waals surface area (Å²) in [7, 11) is 0. The maximum Gasteiger partial charge on any atom is 0.261 e. The molecule has 5 heteroatoms. The number of nitrogens with zero attached hydrogens (tertiary/aromatic N) is 1. The summed E-state index contributed by atoms with van der Waals surface area (Å²) in [4.78, 5) is 25.4. The van der Waals surface area contributed by atoms with Gasteiger partial charge in [-0.15, -0.1) is 6.42 Å². The van der Waals surface area contributed by atoms with Gasteiger partial charge in [-0.2, -0.15) is 0 Å². The van der Waals surface area contributed by atoms with Gasteiger partial charge in [-0.3, -0.25) is 9.59 Å². The molecule has 1 aliphatic heterocycles. The number of terminal acetylenes is 1. The van der Waals surface area contributed by atoms with Gasteiger partial charge in [0.2, 0.25) is 5.91 Å². The molecular weight excluding hydrogens is 281 g/mol. The van der Waals surface area contributed by atoms with Gasteiger partial charge in [0.1, 0.15) is 10.9 Å². The molecule has 2 aliphatic rings. The minimum absolute atomic E-state index is 0.0541. The molecule has 1 fully saturated rings. The zero-order valence-corrected chi connectivity index (χ0v) is 11.3. The van der Waals surface area contributed by atoms with Crippen molar-refractivity contribution in [3.8, 4) is 12.3 Å². The van der Waals surface area contributed by atoms with Gasteiger partial charge in [0, 0.05) is 17.9 Å². The largest absolute Gasteiger partial charge is 0.274 e. The predicted octanol–water partition coefficient (Wildman–Crippen LogP) is 2.81. The van der Waals surface area contributed by atoms with Gasteiger partial charge in [-0.05, 0) is 24.6 Å². The first kappa shape index (κ1) is 14.3. The van der Waals surface area contributed by atoms with Crippen LogP contribution in [0.3, 0.4) is 0 Å². The van der Waals surface area contributed by atoms with Crippen molar-refractivity contribution in [1.29, 1.82) is 0 Å². The quantitative estimate of drug-likeness (QED) is 0.446. The van der Waals surface area contributed by atoms with Gasteiger partial charge >= 0.3 is 0 Å². The topological polar surface area (TPSA) is 37.4 Å². The number of fused-ring (bicyclic) bond motifs is 1. The Hall–Kier alpha value is -2.12. The van der Waals surface area contributed by atoms with E-state index >= 15 is 0 Å². The molecule has 0 bridgehead atoms. The Morgan fingerprint density at radius 3 is 2.90 bits per heavy atom. The van der Waals surface area contributed by atoms with E-state index in [4.69, 9.17) is 18.0 Å². The maximum atomic E-state index is 13.3.